The lowest BCUT2D eigenvalue weighted by Crippen LogP contribution is -1.87. The number of benzene rings is 2. The average Bonchev–Trinajstić information content (AvgIpc) is 4.34. The number of nitrogens with zero attached hydrogens (tertiary/aromatic N) is 2. The van der Waals surface area contributed by atoms with Gasteiger partial charge < -0.3 is 14.7 Å². The van der Waals surface area contributed by atoms with Crippen LogP contribution in [0.2, 0.25) is 0 Å². The number of fused-ring (bicyclic) bond motifs is 8. The molecule has 2 aliphatic heterocycles. The van der Waals surface area contributed by atoms with Crippen LogP contribution < -0.4 is 4.74 Å². The second-order valence-corrected chi connectivity index (χ2v) is 14.8. The molecule has 2 N–H and O–H groups in total. The van der Waals surface area contributed by atoms with Crippen LogP contribution >= 0.6 is 0 Å². The minimum atomic E-state index is 0.545. The molecule has 3 aromatic heterocycles. The summed E-state index contributed by atoms with van der Waals surface area (Å²) in [6.45, 7) is 2.09. The monoisotopic (exact) mass is 996 g/mol. The Balaban J connectivity index is 0.861. The minimum absolute atomic E-state index is 0.545. The van der Waals surface area contributed by atoms with Crippen molar-refractivity contribution in [2.45, 2.75) is 6.92 Å². The van der Waals surface area contributed by atoms with Crippen LogP contribution in [-0.4, -0.2) is 19.9 Å². The van der Waals surface area contributed by atoms with Gasteiger partial charge >= 0.3 is 0 Å². The lowest BCUT2D eigenvalue weighted by atomic mass is 10.0. The number of nitrogens with one attached hydrogen (secondary N) is 2. The Morgan fingerprint density at radius 1 is 0.338 bits per heavy atom. The highest BCUT2D eigenvalue weighted by Crippen LogP contribution is 2.33. The van der Waals surface area contributed by atoms with E-state index in [1.54, 1.807) is 0 Å². The SMILES string of the molecule is C#CC#CC#CC#CC#CC#CC#CC#CC#CC#CC#CC#CC#CC#CC#CC#CC#CC#CC#CC#CC#COc1ccc(-c2c3nc(cc4ccc([nH]4)c(-c4ccc(C)cc4)c4nc(cc5ccc2[nH]5)C=C4)C=C3)cc1. The Hall–Kier alpha value is -14.4. The zero-order valence-electron chi connectivity index (χ0n) is 41.8. The second kappa shape index (κ2) is 31.1. The number of ether oxygens (including phenoxy) is 1. The summed E-state index contributed by atoms with van der Waals surface area (Å²) in [7, 11) is 0. The number of terminal acetylenes is 1. The van der Waals surface area contributed by atoms with E-state index in [-0.39, 0.29) is 0 Å². The lowest BCUT2D eigenvalue weighted by Gasteiger charge is -2.05. The quantitative estimate of drug-likeness (QED) is 0.175. The Morgan fingerprint density at radius 3 is 0.963 bits per heavy atom. The molecule has 8 bridgehead atoms. The van der Waals surface area contributed by atoms with E-state index in [2.05, 4.69) is 308 Å². The predicted octanol–water partition coefficient (Wildman–Crippen LogP) is 8.34. The van der Waals surface area contributed by atoms with Gasteiger partial charge in [0.1, 0.15) is 11.9 Å². The van der Waals surface area contributed by atoms with Gasteiger partial charge in [0.05, 0.1) is 22.8 Å². The molecule has 0 saturated carbocycles. The van der Waals surface area contributed by atoms with Crippen LogP contribution in [0, 0.1) is 256 Å². The standard InChI is InChI=1S/C75H24N4O/c1-3-4-5-6-7-8-9-10-11-12-13-14-15-16-17-18-19-20-21-22-23-24-25-26-27-28-29-30-31-32-33-34-35-36-37-38-39-40-41-42-59-80-69-53-47-64(48-54-69)75-72-57-51-67(78-72)60-65-49-55-70(76-65)74(63-45-43-62(2)44-46-63)71-56-50-66(77-71)61-68-52-58-73(75)79-68/h1,43-58,60-61,76,79H,2H3. The van der Waals surface area contributed by atoms with E-state index in [9.17, 15) is 0 Å². The number of hydrogen-bond acceptors (Lipinski definition) is 3. The Morgan fingerprint density at radius 2 is 0.637 bits per heavy atom. The van der Waals surface area contributed by atoms with Crippen molar-refractivity contribution < 1.29 is 4.74 Å². The molecule has 5 nitrogen and oxygen atoms in total. The van der Waals surface area contributed by atoms with E-state index in [0.717, 1.165) is 67.1 Å². The van der Waals surface area contributed by atoms with E-state index in [0.29, 0.717) is 5.75 Å². The molecular weight excluding hydrogens is 973 g/mol. The summed E-state index contributed by atoms with van der Waals surface area (Å²) in [4.78, 5) is 17.3. The van der Waals surface area contributed by atoms with Crippen molar-refractivity contribution in [2.75, 3.05) is 0 Å². The fraction of sp³-hybridized carbons (Fsp3) is 0.0133. The van der Waals surface area contributed by atoms with Gasteiger partial charge in [-0.15, -0.1) is 6.42 Å². The molecule has 350 valence electrons. The lowest BCUT2D eigenvalue weighted by molar-refractivity contribution is 0.520. The molecule has 0 unspecified atom stereocenters. The van der Waals surface area contributed by atoms with Crippen LogP contribution in [0.3, 0.4) is 0 Å². The minimum Gasteiger partial charge on any atom is -0.407 e. The zero-order valence-corrected chi connectivity index (χ0v) is 41.8. The summed E-state index contributed by atoms with van der Waals surface area (Å²) in [6.07, 6.45) is 15.7. The van der Waals surface area contributed by atoms with Gasteiger partial charge in [-0.2, -0.15) is 0 Å². The Bertz CT molecular complexity index is 5110. The van der Waals surface area contributed by atoms with Crippen LogP contribution in [0.4, 0.5) is 0 Å². The van der Waals surface area contributed by atoms with Gasteiger partial charge in [-0.25, -0.2) is 9.97 Å². The van der Waals surface area contributed by atoms with E-state index in [1.165, 1.54) is 5.56 Å². The molecule has 5 aromatic rings. The summed E-state index contributed by atoms with van der Waals surface area (Å²) in [6, 6.07) is 28.5. The molecule has 0 radical (unpaired) electrons. The number of aromatic nitrogens is 4. The predicted molar refractivity (Wildman–Crippen MR) is 319 cm³/mol. The van der Waals surface area contributed by atoms with Gasteiger partial charge in [-0.1, -0.05) is 42.0 Å². The molecule has 2 aromatic carbocycles. The van der Waals surface area contributed by atoms with Crippen molar-refractivity contribution in [3.8, 4) is 277 Å². The van der Waals surface area contributed by atoms with Crippen LogP contribution in [0.5, 0.6) is 5.75 Å². The van der Waals surface area contributed by atoms with Crippen LogP contribution in [0.25, 0.3) is 68.6 Å². The number of H-pyrrole nitrogens is 2. The first-order valence-corrected chi connectivity index (χ1v) is 23.0. The zero-order chi connectivity index (χ0) is 55.3. The smallest absolute Gasteiger partial charge is 0.140 e. The molecule has 5 heteroatoms. The number of aryl methyl sites for hydroxylation is 1. The highest BCUT2D eigenvalue weighted by molar-refractivity contribution is 5.93. The highest BCUT2D eigenvalue weighted by atomic mass is 16.5. The highest BCUT2D eigenvalue weighted by Gasteiger charge is 2.13. The maximum absolute atomic E-state index is 5.63. The molecule has 7 rings (SSSR count). The normalized spacial score (nSPS) is 7.95. The third kappa shape index (κ3) is 18.3. The van der Waals surface area contributed by atoms with Crippen LogP contribution in [0.15, 0.2) is 84.9 Å². The summed E-state index contributed by atoms with van der Waals surface area (Å²) >= 11 is 0. The van der Waals surface area contributed by atoms with Gasteiger partial charge in [0.2, 0.25) is 0 Å². The maximum atomic E-state index is 5.63. The van der Waals surface area contributed by atoms with E-state index in [1.807, 2.05) is 60.7 Å². The van der Waals surface area contributed by atoms with Crippen LogP contribution in [0.1, 0.15) is 28.3 Å². The first-order chi connectivity index (χ1) is 39.6. The van der Waals surface area contributed by atoms with Gasteiger partial charge in [-0.3, -0.25) is 0 Å². The van der Waals surface area contributed by atoms with Gasteiger partial charge in [-0.05, 0) is 138 Å². The molecule has 0 atom stereocenters. The van der Waals surface area contributed by atoms with E-state index in [4.69, 9.17) is 21.1 Å². The van der Waals surface area contributed by atoms with Gasteiger partial charge in [0, 0.05) is 223 Å². The number of hydrogen-bond donors (Lipinski definition) is 2. The van der Waals surface area contributed by atoms with E-state index < -0.39 is 0 Å². The summed E-state index contributed by atoms with van der Waals surface area (Å²) in [5, 5.41) is 0. The van der Waals surface area contributed by atoms with Crippen molar-refractivity contribution in [2.24, 2.45) is 0 Å². The summed E-state index contributed by atoms with van der Waals surface area (Å²) in [5.74, 6) is 101. The summed E-state index contributed by atoms with van der Waals surface area (Å²) in [5.41, 5.74) is 12.2. The Kier molecular flexibility index (Phi) is 20.8. The third-order valence-electron chi connectivity index (χ3n) is 9.55. The second-order valence-electron chi connectivity index (χ2n) is 14.8. The van der Waals surface area contributed by atoms with Crippen molar-refractivity contribution in [3.63, 3.8) is 0 Å². The van der Waals surface area contributed by atoms with Crippen molar-refractivity contribution in [1.29, 1.82) is 0 Å². The molecule has 80 heavy (non-hydrogen) atoms. The number of aromatic amines is 2. The van der Waals surface area contributed by atoms with Gasteiger partial charge in [0.25, 0.3) is 0 Å². The molecule has 2 aliphatic rings. The molecule has 0 amide bonds. The molecule has 0 spiro atoms. The summed E-state index contributed by atoms with van der Waals surface area (Å²) < 4.78 is 5.63. The van der Waals surface area contributed by atoms with Crippen LogP contribution in [-0.2, 0) is 0 Å². The first kappa shape index (κ1) is 53.4. The third-order valence-corrected chi connectivity index (χ3v) is 9.55. The average molecular weight is 997 g/mol. The number of rotatable bonds is 3. The van der Waals surface area contributed by atoms with E-state index >= 15 is 0 Å². The molecular formula is C75H24N4O. The topological polar surface area (TPSA) is 66.6 Å². The molecule has 0 fully saturated rings. The maximum Gasteiger partial charge on any atom is 0.140 e. The molecule has 5 heterocycles. The largest absolute Gasteiger partial charge is 0.407 e. The fourth-order valence-electron chi connectivity index (χ4n) is 6.39. The molecule has 0 saturated heterocycles. The fourth-order valence-corrected chi connectivity index (χ4v) is 6.39. The molecule has 0 aliphatic carbocycles. The van der Waals surface area contributed by atoms with Crippen molar-refractivity contribution >= 4 is 46.4 Å². The van der Waals surface area contributed by atoms with Gasteiger partial charge in [0.15, 0.2) is 0 Å². The Labute approximate surface area is 466 Å². The van der Waals surface area contributed by atoms with Crippen molar-refractivity contribution in [3.05, 3.63) is 113 Å². The first-order valence-electron chi connectivity index (χ1n) is 23.0. The van der Waals surface area contributed by atoms with Crippen molar-refractivity contribution in [1.82, 2.24) is 19.9 Å².